The summed E-state index contributed by atoms with van der Waals surface area (Å²) in [4.78, 5) is 0. The van der Waals surface area contributed by atoms with Crippen LogP contribution in [0.5, 0.6) is 0 Å². The van der Waals surface area contributed by atoms with Crippen molar-refractivity contribution in [3.63, 3.8) is 0 Å². The Labute approximate surface area is 145 Å². The Hall–Kier alpha value is -1.41. The molecule has 0 radical (unpaired) electrons. The van der Waals surface area contributed by atoms with E-state index in [1.54, 1.807) is 0 Å². The fourth-order valence-electron chi connectivity index (χ4n) is 3.56. The molecule has 0 amide bonds. The summed E-state index contributed by atoms with van der Waals surface area (Å²) in [5.74, 6) is 0. The van der Waals surface area contributed by atoms with E-state index in [2.05, 4.69) is 49.7 Å². The van der Waals surface area contributed by atoms with Crippen molar-refractivity contribution in [1.82, 2.24) is 4.67 Å². The highest BCUT2D eigenvalue weighted by Crippen LogP contribution is 2.69. The standard InChI is InChI=1S/C20H26NO2P/c1-5-24(22)21(20(2,3)4)18(16-12-8-6-9-13-16)19(23-24)17-14-10-7-11-15-17/h6-15,18-19H,5H2,1-4H3/t18-,19+,24-/m0/s1. The van der Waals surface area contributed by atoms with Gasteiger partial charge in [-0.3, -0.25) is 4.57 Å². The quantitative estimate of drug-likeness (QED) is 0.658. The Bertz CT molecular complexity index is 724. The fourth-order valence-corrected chi connectivity index (χ4v) is 6.25. The van der Waals surface area contributed by atoms with Crippen LogP contribution in [0.15, 0.2) is 60.7 Å². The van der Waals surface area contributed by atoms with Crippen molar-refractivity contribution in [3.05, 3.63) is 71.8 Å². The summed E-state index contributed by atoms with van der Waals surface area (Å²) in [6.07, 6.45) is 0.287. The zero-order valence-electron chi connectivity index (χ0n) is 14.8. The first-order chi connectivity index (χ1) is 11.4. The molecule has 0 aromatic heterocycles. The van der Waals surface area contributed by atoms with Crippen LogP contribution in [-0.4, -0.2) is 16.4 Å². The molecule has 0 spiro atoms. The Morgan fingerprint density at radius 3 is 1.92 bits per heavy atom. The Kier molecular flexibility index (Phi) is 4.70. The molecule has 0 unspecified atom stereocenters. The zero-order valence-corrected chi connectivity index (χ0v) is 15.7. The average Bonchev–Trinajstić information content (AvgIpc) is 2.91. The molecule has 1 heterocycles. The van der Waals surface area contributed by atoms with E-state index in [9.17, 15) is 4.57 Å². The Morgan fingerprint density at radius 1 is 0.958 bits per heavy atom. The molecule has 0 aliphatic carbocycles. The lowest BCUT2D eigenvalue weighted by Gasteiger charge is -2.39. The normalized spacial score (nSPS) is 28.2. The molecule has 0 saturated carbocycles. The van der Waals surface area contributed by atoms with E-state index in [4.69, 9.17) is 4.52 Å². The summed E-state index contributed by atoms with van der Waals surface area (Å²) in [6, 6.07) is 20.4. The van der Waals surface area contributed by atoms with E-state index in [-0.39, 0.29) is 17.7 Å². The van der Waals surface area contributed by atoms with Crippen molar-refractivity contribution in [2.24, 2.45) is 0 Å². The molecular formula is C20H26NO2P. The zero-order chi connectivity index (χ0) is 17.4. The number of rotatable bonds is 3. The SMILES string of the molecule is CC[P@]1(=O)O[C@H](c2ccccc2)[C@H](c2ccccc2)N1C(C)(C)C. The van der Waals surface area contributed by atoms with Crippen LogP contribution in [0.3, 0.4) is 0 Å². The molecule has 1 aliphatic rings. The van der Waals surface area contributed by atoms with Gasteiger partial charge in [-0.1, -0.05) is 67.6 Å². The fraction of sp³-hybridized carbons (Fsp3) is 0.400. The van der Waals surface area contributed by atoms with Crippen molar-refractivity contribution in [2.75, 3.05) is 6.16 Å². The minimum Gasteiger partial charge on any atom is -0.307 e. The lowest BCUT2D eigenvalue weighted by atomic mass is 9.93. The van der Waals surface area contributed by atoms with E-state index in [0.717, 1.165) is 11.1 Å². The van der Waals surface area contributed by atoms with Crippen LogP contribution >= 0.6 is 7.52 Å². The van der Waals surface area contributed by atoms with Crippen LogP contribution in [0.25, 0.3) is 0 Å². The third-order valence-electron chi connectivity index (χ3n) is 4.51. The highest BCUT2D eigenvalue weighted by molar-refractivity contribution is 7.56. The van der Waals surface area contributed by atoms with Gasteiger partial charge in [0.25, 0.3) is 7.52 Å². The molecule has 2 aromatic rings. The summed E-state index contributed by atoms with van der Waals surface area (Å²) in [5.41, 5.74) is 1.97. The number of nitrogens with zero attached hydrogens (tertiary/aromatic N) is 1. The molecule has 128 valence electrons. The third kappa shape index (κ3) is 3.09. The van der Waals surface area contributed by atoms with Crippen LogP contribution in [0.1, 0.15) is 51.0 Å². The first-order valence-corrected chi connectivity index (χ1v) is 10.3. The van der Waals surface area contributed by atoms with Crippen LogP contribution in [0, 0.1) is 0 Å². The van der Waals surface area contributed by atoms with Gasteiger partial charge in [-0.05, 0) is 31.9 Å². The van der Waals surface area contributed by atoms with Crippen LogP contribution in [0.2, 0.25) is 0 Å². The first-order valence-electron chi connectivity index (χ1n) is 8.54. The van der Waals surface area contributed by atoms with Crippen molar-refractivity contribution >= 4 is 7.52 Å². The molecule has 1 aliphatic heterocycles. The summed E-state index contributed by atoms with van der Waals surface area (Å²) in [5, 5.41) is 0. The second kappa shape index (κ2) is 6.48. The smallest absolute Gasteiger partial charge is 0.273 e. The number of hydrogen-bond acceptors (Lipinski definition) is 2. The van der Waals surface area contributed by atoms with Gasteiger partial charge in [0.05, 0.1) is 6.04 Å². The average molecular weight is 343 g/mol. The van der Waals surface area contributed by atoms with Gasteiger partial charge >= 0.3 is 0 Å². The van der Waals surface area contributed by atoms with Crippen molar-refractivity contribution < 1.29 is 9.09 Å². The predicted octanol–water partition coefficient (Wildman–Crippen LogP) is 5.81. The van der Waals surface area contributed by atoms with Gasteiger partial charge in [0.1, 0.15) is 6.10 Å². The number of benzene rings is 2. The van der Waals surface area contributed by atoms with Crippen LogP contribution in [0.4, 0.5) is 0 Å². The molecule has 0 bridgehead atoms. The third-order valence-corrected chi connectivity index (χ3v) is 7.37. The van der Waals surface area contributed by atoms with Gasteiger partial charge in [-0.15, -0.1) is 0 Å². The van der Waals surface area contributed by atoms with E-state index < -0.39 is 7.52 Å². The second-order valence-electron chi connectivity index (χ2n) is 7.26. The summed E-state index contributed by atoms with van der Waals surface area (Å²) >= 11 is 0. The van der Waals surface area contributed by atoms with E-state index in [0.29, 0.717) is 6.16 Å². The second-order valence-corrected chi connectivity index (χ2v) is 9.81. The van der Waals surface area contributed by atoms with Gasteiger partial charge in [-0.25, -0.2) is 4.67 Å². The molecule has 4 heteroatoms. The van der Waals surface area contributed by atoms with Gasteiger partial charge in [0.15, 0.2) is 0 Å². The summed E-state index contributed by atoms with van der Waals surface area (Å²) in [6.45, 7) is 8.29. The molecule has 1 fully saturated rings. The van der Waals surface area contributed by atoms with Gasteiger partial charge < -0.3 is 4.52 Å². The van der Waals surface area contributed by atoms with Gasteiger partial charge in [-0.2, -0.15) is 0 Å². The molecule has 0 N–H and O–H groups in total. The van der Waals surface area contributed by atoms with Crippen LogP contribution < -0.4 is 0 Å². The topological polar surface area (TPSA) is 29.5 Å². The lowest BCUT2D eigenvalue weighted by Crippen LogP contribution is -2.39. The molecular weight excluding hydrogens is 317 g/mol. The van der Waals surface area contributed by atoms with Crippen molar-refractivity contribution in [3.8, 4) is 0 Å². The minimum absolute atomic E-state index is 0.0561. The maximum Gasteiger partial charge on any atom is 0.273 e. The monoisotopic (exact) mass is 343 g/mol. The Morgan fingerprint density at radius 2 is 1.46 bits per heavy atom. The van der Waals surface area contributed by atoms with Crippen molar-refractivity contribution in [2.45, 2.75) is 45.4 Å². The van der Waals surface area contributed by atoms with Gasteiger partial charge in [0.2, 0.25) is 0 Å². The molecule has 1 saturated heterocycles. The first kappa shape index (κ1) is 17.4. The molecule has 3 rings (SSSR count). The molecule has 24 heavy (non-hydrogen) atoms. The molecule has 3 atom stereocenters. The van der Waals surface area contributed by atoms with Crippen LogP contribution in [-0.2, 0) is 9.09 Å². The summed E-state index contributed by atoms with van der Waals surface area (Å²) in [7, 11) is -2.89. The van der Waals surface area contributed by atoms with Crippen molar-refractivity contribution in [1.29, 1.82) is 0 Å². The minimum atomic E-state index is -2.89. The highest BCUT2D eigenvalue weighted by atomic mass is 31.2. The highest BCUT2D eigenvalue weighted by Gasteiger charge is 2.54. The maximum atomic E-state index is 13.6. The summed E-state index contributed by atoms with van der Waals surface area (Å²) < 4.78 is 22.0. The van der Waals surface area contributed by atoms with Gasteiger partial charge in [0, 0.05) is 11.7 Å². The maximum absolute atomic E-state index is 13.6. The largest absolute Gasteiger partial charge is 0.307 e. The van der Waals surface area contributed by atoms with E-state index >= 15 is 0 Å². The number of hydrogen-bond donors (Lipinski definition) is 0. The Balaban J connectivity index is 2.17. The molecule has 3 nitrogen and oxygen atoms in total. The lowest BCUT2D eigenvalue weighted by molar-refractivity contribution is 0.155. The predicted molar refractivity (Wildman–Crippen MR) is 99.2 cm³/mol. The van der Waals surface area contributed by atoms with E-state index in [1.807, 2.05) is 43.3 Å². The molecule has 2 aromatic carbocycles. The van der Waals surface area contributed by atoms with E-state index in [1.165, 1.54) is 0 Å².